The molecule has 22 heavy (non-hydrogen) atoms. The van der Waals surface area contributed by atoms with E-state index in [1.54, 1.807) is 7.11 Å². The van der Waals surface area contributed by atoms with Crippen LogP contribution in [-0.4, -0.2) is 42.8 Å². The van der Waals surface area contributed by atoms with E-state index >= 15 is 0 Å². The van der Waals surface area contributed by atoms with Crippen molar-refractivity contribution in [3.05, 3.63) is 12.2 Å². The molecule has 0 aromatic carbocycles. The van der Waals surface area contributed by atoms with Gasteiger partial charge in [0.15, 0.2) is 0 Å². The van der Waals surface area contributed by atoms with E-state index in [1.165, 1.54) is 12.8 Å². The standard InChI is InChI=1S/C16H28N2O4/c1-10(2)13(11-4-5-11)7-6-12(9-22-3)18-16(21)14(17)8-15(19)20/h6-7,10-14H,4-5,8-9,17H2,1-3H3,(H,18,21)(H,19,20)/t12?,13?,14-/m0/s1. The Balaban J connectivity index is 2.60. The molecule has 3 atom stereocenters. The molecule has 1 rings (SSSR count). The van der Waals surface area contributed by atoms with Crippen molar-refractivity contribution in [2.75, 3.05) is 13.7 Å². The minimum absolute atomic E-state index is 0.294. The van der Waals surface area contributed by atoms with Crippen LogP contribution >= 0.6 is 0 Å². The Morgan fingerprint density at radius 2 is 2.00 bits per heavy atom. The fourth-order valence-electron chi connectivity index (χ4n) is 2.56. The van der Waals surface area contributed by atoms with Crippen LogP contribution in [0.4, 0.5) is 0 Å². The fraction of sp³-hybridized carbons (Fsp3) is 0.750. The molecule has 0 saturated heterocycles. The number of amides is 1. The van der Waals surface area contributed by atoms with Gasteiger partial charge in [0.2, 0.25) is 5.91 Å². The summed E-state index contributed by atoms with van der Waals surface area (Å²) in [7, 11) is 1.56. The maximum Gasteiger partial charge on any atom is 0.305 e. The fourth-order valence-corrected chi connectivity index (χ4v) is 2.56. The number of aliphatic carboxylic acids is 1. The molecule has 2 unspecified atom stereocenters. The van der Waals surface area contributed by atoms with Gasteiger partial charge in [-0.1, -0.05) is 26.0 Å². The number of methoxy groups -OCH3 is 1. The van der Waals surface area contributed by atoms with Gasteiger partial charge >= 0.3 is 5.97 Å². The van der Waals surface area contributed by atoms with E-state index < -0.39 is 17.9 Å². The number of carbonyl (C=O) groups excluding carboxylic acids is 1. The van der Waals surface area contributed by atoms with E-state index in [1.807, 2.05) is 6.08 Å². The molecule has 0 aromatic rings. The Morgan fingerprint density at radius 3 is 2.45 bits per heavy atom. The zero-order valence-electron chi connectivity index (χ0n) is 13.6. The van der Waals surface area contributed by atoms with Crippen molar-refractivity contribution in [1.82, 2.24) is 5.32 Å². The normalized spacial score (nSPS) is 19.1. The zero-order chi connectivity index (χ0) is 16.7. The van der Waals surface area contributed by atoms with Crippen molar-refractivity contribution in [3.8, 4) is 0 Å². The summed E-state index contributed by atoms with van der Waals surface area (Å²) in [4.78, 5) is 22.5. The quantitative estimate of drug-likeness (QED) is 0.525. The molecule has 1 saturated carbocycles. The Morgan fingerprint density at radius 1 is 1.36 bits per heavy atom. The molecule has 0 aromatic heterocycles. The van der Waals surface area contributed by atoms with Gasteiger partial charge in [-0.05, 0) is 30.6 Å². The van der Waals surface area contributed by atoms with E-state index in [4.69, 9.17) is 15.6 Å². The number of carboxylic acid groups (broad SMARTS) is 1. The highest BCUT2D eigenvalue weighted by Gasteiger charge is 2.31. The van der Waals surface area contributed by atoms with Crippen LogP contribution in [0, 0.1) is 17.8 Å². The second-order valence-electron chi connectivity index (χ2n) is 6.32. The molecule has 126 valence electrons. The first kappa shape index (κ1) is 18.6. The van der Waals surface area contributed by atoms with Gasteiger partial charge in [-0.15, -0.1) is 0 Å². The zero-order valence-corrected chi connectivity index (χ0v) is 13.6. The summed E-state index contributed by atoms with van der Waals surface area (Å²) in [6, 6.07) is -1.34. The van der Waals surface area contributed by atoms with Gasteiger partial charge in [-0.3, -0.25) is 9.59 Å². The average Bonchev–Trinajstić information content (AvgIpc) is 3.22. The smallest absolute Gasteiger partial charge is 0.305 e. The lowest BCUT2D eigenvalue weighted by Gasteiger charge is -2.20. The van der Waals surface area contributed by atoms with E-state index in [-0.39, 0.29) is 12.5 Å². The van der Waals surface area contributed by atoms with Gasteiger partial charge in [0.25, 0.3) is 0 Å². The third-order valence-electron chi connectivity index (χ3n) is 3.91. The van der Waals surface area contributed by atoms with Crippen molar-refractivity contribution in [2.45, 2.75) is 45.2 Å². The minimum Gasteiger partial charge on any atom is -0.481 e. The van der Waals surface area contributed by atoms with Crippen LogP contribution in [0.25, 0.3) is 0 Å². The number of hydrogen-bond donors (Lipinski definition) is 3. The number of hydrogen-bond acceptors (Lipinski definition) is 4. The predicted octanol–water partition coefficient (Wildman–Crippen LogP) is 1.16. The van der Waals surface area contributed by atoms with Crippen molar-refractivity contribution >= 4 is 11.9 Å². The molecule has 0 heterocycles. The second-order valence-corrected chi connectivity index (χ2v) is 6.32. The summed E-state index contributed by atoms with van der Waals surface area (Å²) in [5, 5.41) is 11.4. The van der Waals surface area contributed by atoms with Gasteiger partial charge in [0.05, 0.1) is 25.1 Å². The lowest BCUT2D eigenvalue weighted by Crippen LogP contribution is -2.47. The highest BCUT2D eigenvalue weighted by Crippen LogP contribution is 2.41. The van der Waals surface area contributed by atoms with Crippen LogP contribution in [0.1, 0.15) is 33.1 Å². The first-order valence-electron chi connectivity index (χ1n) is 7.80. The molecule has 1 fully saturated rings. The summed E-state index contributed by atoms with van der Waals surface area (Å²) in [5.41, 5.74) is 5.57. The topological polar surface area (TPSA) is 102 Å². The Bertz CT molecular complexity index is 403. The van der Waals surface area contributed by atoms with Crippen molar-refractivity contribution in [1.29, 1.82) is 0 Å². The molecular weight excluding hydrogens is 284 g/mol. The van der Waals surface area contributed by atoms with Crippen LogP contribution in [0.2, 0.25) is 0 Å². The molecule has 6 nitrogen and oxygen atoms in total. The maximum absolute atomic E-state index is 11.9. The monoisotopic (exact) mass is 312 g/mol. The summed E-state index contributed by atoms with van der Waals surface area (Å²) in [6.45, 7) is 4.72. The molecule has 4 N–H and O–H groups in total. The van der Waals surface area contributed by atoms with Gasteiger partial charge in [-0.25, -0.2) is 0 Å². The molecule has 0 bridgehead atoms. The largest absolute Gasteiger partial charge is 0.481 e. The molecular formula is C16H28N2O4. The lowest BCUT2D eigenvalue weighted by atomic mass is 9.90. The second kappa shape index (κ2) is 8.90. The lowest BCUT2D eigenvalue weighted by molar-refractivity contribution is -0.139. The molecule has 0 aliphatic heterocycles. The number of ether oxygens (including phenoxy) is 1. The van der Waals surface area contributed by atoms with E-state index in [0.29, 0.717) is 18.4 Å². The number of carbonyl (C=O) groups is 2. The minimum atomic E-state index is -1.09. The SMILES string of the molecule is COCC(C=CC(C(C)C)C1CC1)NC(=O)[C@@H](N)CC(=O)O. The summed E-state index contributed by atoms with van der Waals surface area (Å²) >= 11 is 0. The van der Waals surface area contributed by atoms with Crippen LogP contribution in [-0.2, 0) is 14.3 Å². The van der Waals surface area contributed by atoms with Gasteiger partial charge < -0.3 is 20.9 Å². The van der Waals surface area contributed by atoms with Crippen LogP contribution in [0.3, 0.4) is 0 Å². The number of rotatable bonds is 10. The van der Waals surface area contributed by atoms with Crippen LogP contribution in [0.5, 0.6) is 0 Å². The summed E-state index contributed by atoms with van der Waals surface area (Å²) < 4.78 is 5.11. The molecule has 1 aliphatic rings. The molecule has 1 aliphatic carbocycles. The van der Waals surface area contributed by atoms with Crippen LogP contribution in [0.15, 0.2) is 12.2 Å². The molecule has 0 radical (unpaired) electrons. The molecule has 6 heteroatoms. The summed E-state index contributed by atoms with van der Waals surface area (Å²) in [5.74, 6) is 0.238. The Kier molecular flexibility index (Phi) is 7.55. The third kappa shape index (κ3) is 6.58. The van der Waals surface area contributed by atoms with Gasteiger partial charge in [0, 0.05) is 7.11 Å². The van der Waals surface area contributed by atoms with Crippen molar-refractivity contribution < 1.29 is 19.4 Å². The highest BCUT2D eigenvalue weighted by molar-refractivity contribution is 5.86. The maximum atomic E-state index is 11.9. The highest BCUT2D eigenvalue weighted by atomic mass is 16.5. The van der Waals surface area contributed by atoms with E-state index in [2.05, 4.69) is 25.2 Å². The predicted molar refractivity (Wildman–Crippen MR) is 84.2 cm³/mol. The van der Waals surface area contributed by atoms with Gasteiger partial charge in [-0.2, -0.15) is 0 Å². The number of allylic oxidation sites excluding steroid dienone is 1. The molecule has 1 amide bonds. The Hall–Kier alpha value is -1.40. The van der Waals surface area contributed by atoms with Crippen LogP contribution < -0.4 is 11.1 Å². The summed E-state index contributed by atoms with van der Waals surface area (Å²) in [6.07, 6.45) is 6.23. The number of nitrogens with one attached hydrogen (secondary N) is 1. The Labute approximate surface area is 132 Å². The number of carboxylic acids is 1. The van der Waals surface area contributed by atoms with E-state index in [9.17, 15) is 9.59 Å². The third-order valence-corrected chi connectivity index (χ3v) is 3.91. The van der Waals surface area contributed by atoms with E-state index in [0.717, 1.165) is 5.92 Å². The van der Waals surface area contributed by atoms with Crippen molar-refractivity contribution in [2.24, 2.45) is 23.5 Å². The van der Waals surface area contributed by atoms with Gasteiger partial charge in [0.1, 0.15) is 0 Å². The first-order valence-corrected chi connectivity index (χ1v) is 7.80. The average molecular weight is 312 g/mol. The number of nitrogens with two attached hydrogens (primary N) is 1. The molecule has 0 spiro atoms. The van der Waals surface area contributed by atoms with Crippen molar-refractivity contribution in [3.63, 3.8) is 0 Å². The first-order chi connectivity index (χ1) is 10.3.